The predicted octanol–water partition coefficient (Wildman–Crippen LogP) is 2.00. The summed E-state index contributed by atoms with van der Waals surface area (Å²) < 4.78 is 5.75. The number of aryl methyl sites for hydroxylation is 2. The first-order valence-electron chi connectivity index (χ1n) is 6.38. The van der Waals surface area contributed by atoms with Crippen LogP contribution in [0.3, 0.4) is 0 Å². The zero-order chi connectivity index (χ0) is 13.4. The Bertz CT molecular complexity index is 382. The number of rotatable bonds is 6. The zero-order valence-corrected chi connectivity index (χ0v) is 11.5. The fourth-order valence-electron chi connectivity index (χ4n) is 1.65. The normalized spacial score (nSPS) is 11.4. The largest absolute Gasteiger partial charge is 0.491 e. The quantitative estimate of drug-likeness (QED) is 0.460. The van der Waals surface area contributed by atoms with Gasteiger partial charge in [-0.2, -0.15) is 0 Å². The van der Waals surface area contributed by atoms with Gasteiger partial charge in [0.2, 0.25) is 0 Å². The Hall–Kier alpha value is -1.71. The van der Waals surface area contributed by atoms with Crippen LogP contribution in [0.1, 0.15) is 24.5 Å². The average Bonchev–Trinajstić information content (AvgIpc) is 2.35. The minimum Gasteiger partial charge on any atom is -0.491 e. The third-order valence-corrected chi connectivity index (χ3v) is 2.57. The molecule has 0 aliphatic rings. The second-order valence-electron chi connectivity index (χ2n) is 4.26. The van der Waals surface area contributed by atoms with Crippen molar-refractivity contribution < 1.29 is 4.74 Å². The average molecular weight is 249 g/mol. The Labute approximate surface area is 109 Å². The van der Waals surface area contributed by atoms with Gasteiger partial charge >= 0.3 is 0 Å². The van der Waals surface area contributed by atoms with E-state index >= 15 is 0 Å². The lowest BCUT2D eigenvalue weighted by atomic mass is 10.1. The Morgan fingerprint density at radius 1 is 1.33 bits per heavy atom. The van der Waals surface area contributed by atoms with Crippen molar-refractivity contribution in [2.75, 3.05) is 19.7 Å². The molecule has 1 aromatic carbocycles. The van der Waals surface area contributed by atoms with Crippen LogP contribution in [0.25, 0.3) is 0 Å². The molecule has 0 saturated carbocycles. The molecule has 0 bridgehead atoms. The van der Waals surface area contributed by atoms with Gasteiger partial charge in [0.25, 0.3) is 0 Å². The molecule has 0 heterocycles. The summed E-state index contributed by atoms with van der Waals surface area (Å²) in [5.41, 5.74) is 7.99. The summed E-state index contributed by atoms with van der Waals surface area (Å²) in [6.07, 6.45) is 1.00. The van der Waals surface area contributed by atoms with Crippen LogP contribution in [0.15, 0.2) is 23.2 Å². The van der Waals surface area contributed by atoms with Crippen LogP contribution in [0.5, 0.6) is 5.75 Å². The highest BCUT2D eigenvalue weighted by molar-refractivity contribution is 5.77. The molecule has 0 aliphatic carbocycles. The van der Waals surface area contributed by atoms with Gasteiger partial charge in [-0.05, 0) is 31.4 Å². The summed E-state index contributed by atoms with van der Waals surface area (Å²) in [6.45, 7) is 8.16. The fraction of sp³-hybridized carbons (Fsp3) is 0.500. The van der Waals surface area contributed by atoms with Crippen LogP contribution in [0.2, 0.25) is 0 Å². The van der Waals surface area contributed by atoms with E-state index in [1.54, 1.807) is 0 Å². The van der Waals surface area contributed by atoms with Gasteiger partial charge in [0.05, 0.1) is 6.54 Å². The summed E-state index contributed by atoms with van der Waals surface area (Å²) in [7, 11) is 0. The zero-order valence-electron chi connectivity index (χ0n) is 11.5. The van der Waals surface area contributed by atoms with Gasteiger partial charge < -0.3 is 15.8 Å². The molecule has 3 N–H and O–H groups in total. The van der Waals surface area contributed by atoms with Gasteiger partial charge in [-0.3, -0.25) is 4.99 Å². The van der Waals surface area contributed by atoms with Gasteiger partial charge in [-0.25, -0.2) is 0 Å². The summed E-state index contributed by atoms with van der Waals surface area (Å²) >= 11 is 0. The molecule has 0 unspecified atom stereocenters. The molecule has 0 aliphatic heterocycles. The van der Waals surface area contributed by atoms with Crippen molar-refractivity contribution in [3.63, 3.8) is 0 Å². The van der Waals surface area contributed by atoms with E-state index < -0.39 is 0 Å². The van der Waals surface area contributed by atoms with Gasteiger partial charge in [0, 0.05) is 6.54 Å². The molecule has 0 aromatic heterocycles. The molecule has 100 valence electrons. The van der Waals surface area contributed by atoms with Gasteiger partial charge in [-0.15, -0.1) is 0 Å². The number of hydrogen-bond acceptors (Lipinski definition) is 2. The highest BCUT2D eigenvalue weighted by Gasteiger charge is 2.02. The molecule has 0 atom stereocenters. The van der Waals surface area contributed by atoms with Crippen molar-refractivity contribution >= 4 is 5.96 Å². The number of guanidine groups is 1. The monoisotopic (exact) mass is 249 g/mol. The highest BCUT2D eigenvalue weighted by Crippen LogP contribution is 2.21. The van der Waals surface area contributed by atoms with Gasteiger partial charge in [-0.1, -0.05) is 25.1 Å². The number of hydrogen-bond donors (Lipinski definition) is 2. The van der Waals surface area contributed by atoms with E-state index in [0.717, 1.165) is 29.8 Å². The van der Waals surface area contributed by atoms with Crippen molar-refractivity contribution in [1.29, 1.82) is 0 Å². The molecule has 1 aromatic rings. The number of ether oxygens (including phenoxy) is 1. The van der Waals surface area contributed by atoms with Crippen molar-refractivity contribution in [2.24, 2.45) is 10.7 Å². The molecular weight excluding hydrogens is 226 g/mol. The molecule has 4 heteroatoms. The van der Waals surface area contributed by atoms with Gasteiger partial charge in [0.15, 0.2) is 5.96 Å². The molecule has 0 spiro atoms. The number of nitrogens with one attached hydrogen (secondary N) is 1. The van der Waals surface area contributed by atoms with Crippen molar-refractivity contribution in [3.05, 3.63) is 29.3 Å². The Balaban J connectivity index is 2.34. The van der Waals surface area contributed by atoms with Crippen LogP contribution in [0, 0.1) is 13.8 Å². The molecule has 0 fully saturated rings. The van der Waals surface area contributed by atoms with Crippen molar-refractivity contribution in [3.8, 4) is 5.75 Å². The Morgan fingerprint density at radius 3 is 2.61 bits per heavy atom. The number of benzene rings is 1. The number of para-hydroxylation sites is 1. The second-order valence-corrected chi connectivity index (χ2v) is 4.26. The maximum absolute atomic E-state index is 5.75. The van der Waals surface area contributed by atoms with Crippen molar-refractivity contribution in [2.45, 2.75) is 27.2 Å². The molecule has 4 nitrogen and oxygen atoms in total. The van der Waals surface area contributed by atoms with Crippen LogP contribution in [-0.4, -0.2) is 25.7 Å². The minimum absolute atomic E-state index is 0.488. The van der Waals surface area contributed by atoms with Crippen LogP contribution in [0.4, 0.5) is 0 Å². The third kappa shape index (κ3) is 4.65. The van der Waals surface area contributed by atoms with E-state index in [4.69, 9.17) is 10.5 Å². The maximum Gasteiger partial charge on any atom is 0.188 e. The summed E-state index contributed by atoms with van der Waals surface area (Å²) in [5, 5.41) is 3.03. The first-order chi connectivity index (χ1) is 8.65. The van der Waals surface area contributed by atoms with Crippen LogP contribution in [-0.2, 0) is 0 Å². The van der Waals surface area contributed by atoms with E-state index in [1.807, 2.05) is 32.0 Å². The lowest BCUT2D eigenvalue weighted by Gasteiger charge is -2.12. The summed E-state index contributed by atoms with van der Waals surface area (Å²) in [4.78, 5) is 4.15. The topological polar surface area (TPSA) is 59.6 Å². The first-order valence-corrected chi connectivity index (χ1v) is 6.38. The highest BCUT2D eigenvalue weighted by atomic mass is 16.5. The number of nitrogens with two attached hydrogens (primary N) is 1. The summed E-state index contributed by atoms with van der Waals surface area (Å²) in [5.74, 6) is 1.45. The van der Waals surface area contributed by atoms with Crippen LogP contribution < -0.4 is 15.8 Å². The van der Waals surface area contributed by atoms with E-state index in [2.05, 4.69) is 17.2 Å². The Kier molecular flexibility index (Phi) is 6.05. The molecule has 0 saturated heterocycles. The molecular formula is C14H23N3O. The fourth-order valence-corrected chi connectivity index (χ4v) is 1.65. The van der Waals surface area contributed by atoms with E-state index in [1.165, 1.54) is 0 Å². The first kappa shape index (κ1) is 14.4. The van der Waals surface area contributed by atoms with Gasteiger partial charge in [0.1, 0.15) is 12.4 Å². The van der Waals surface area contributed by atoms with Crippen LogP contribution >= 0.6 is 0 Å². The minimum atomic E-state index is 0.488. The number of nitrogens with zero attached hydrogens (tertiary/aromatic N) is 1. The smallest absolute Gasteiger partial charge is 0.188 e. The molecule has 0 radical (unpaired) electrons. The van der Waals surface area contributed by atoms with Crippen molar-refractivity contribution in [1.82, 2.24) is 5.32 Å². The molecule has 1 rings (SSSR count). The summed E-state index contributed by atoms with van der Waals surface area (Å²) in [6, 6.07) is 6.13. The van der Waals surface area contributed by atoms with E-state index in [9.17, 15) is 0 Å². The third-order valence-electron chi connectivity index (χ3n) is 2.57. The maximum atomic E-state index is 5.75. The lowest BCUT2D eigenvalue weighted by Crippen LogP contribution is -2.34. The number of aliphatic imine (C=N–C) groups is 1. The second kappa shape index (κ2) is 7.58. The molecule has 0 amide bonds. The lowest BCUT2D eigenvalue weighted by molar-refractivity contribution is 0.318. The van der Waals surface area contributed by atoms with E-state index in [0.29, 0.717) is 19.1 Å². The molecule has 18 heavy (non-hydrogen) atoms. The predicted molar refractivity (Wildman–Crippen MR) is 76.2 cm³/mol. The Morgan fingerprint density at radius 2 is 2.00 bits per heavy atom. The SMILES string of the molecule is CCCN=C(N)NCCOc1c(C)cccc1C. The van der Waals surface area contributed by atoms with E-state index in [-0.39, 0.29) is 0 Å². The standard InChI is InChI=1S/C14H23N3O/c1-4-8-16-14(15)17-9-10-18-13-11(2)6-5-7-12(13)3/h5-7H,4,8-10H2,1-3H3,(H3,15,16,17).